The van der Waals surface area contributed by atoms with Crippen molar-refractivity contribution in [3.63, 3.8) is 0 Å². The van der Waals surface area contributed by atoms with Crippen molar-refractivity contribution < 1.29 is 0 Å². The third kappa shape index (κ3) is 2.82. The first-order valence-electron chi connectivity index (χ1n) is 9.55. The van der Waals surface area contributed by atoms with E-state index in [4.69, 9.17) is 4.98 Å². The van der Waals surface area contributed by atoms with Crippen LogP contribution in [0.2, 0.25) is 0 Å². The lowest BCUT2D eigenvalue weighted by Gasteiger charge is -2.06. The first-order valence-corrected chi connectivity index (χ1v) is 9.55. The zero-order chi connectivity index (χ0) is 19.9. The second-order valence-electron chi connectivity index (χ2n) is 6.95. The number of pyridine rings is 2. The van der Waals surface area contributed by atoms with Crippen LogP contribution in [0.5, 0.6) is 0 Å². The maximum absolute atomic E-state index is 4.75. The average Bonchev–Trinajstić information content (AvgIpc) is 2.83. The van der Waals surface area contributed by atoms with Crippen LogP contribution < -0.4 is 0 Å². The Hall–Kier alpha value is -4.32. The van der Waals surface area contributed by atoms with E-state index in [1.165, 1.54) is 0 Å². The molecule has 2 aromatic carbocycles. The summed E-state index contributed by atoms with van der Waals surface area (Å²) in [5, 5.41) is 1.02. The molecular formula is C24H14N6. The molecule has 140 valence electrons. The van der Waals surface area contributed by atoms with Gasteiger partial charge in [-0.1, -0.05) is 18.2 Å². The molecule has 0 bridgehead atoms. The fourth-order valence-corrected chi connectivity index (χ4v) is 3.48. The van der Waals surface area contributed by atoms with Crippen LogP contribution in [-0.2, 0) is 0 Å². The zero-order valence-corrected chi connectivity index (χ0v) is 15.8. The number of hydrogen-bond acceptors (Lipinski definition) is 6. The van der Waals surface area contributed by atoms with Crippen LogP contribution in [0.4, 0.5) is 0 Å². The van der Waals surface area contributed by atoms with E-state index in [0.717, 1.165) is 49.9 Å². The highest BCUT2D eigenvalue weighted by Crippen LogP contribution is 2.24. The van der Waals surface area contributed by atoms with Gasteiger partial charge >= 0.3 is 0 Å². The maximum atomic E-state index is 4.75. The SMILES string of the molecule is c1ccc2nc(-c3ccc4nc(-c5ccc6ncccc6n5)cnc4c3)ncc2c1. The lowest BCUT2D eigenvalue weighted by molar-refractivity contribution is 1.22. The van der Waals surface area contributed by atoms with Crippen molar-refractivity contribution in [2.24, 2.45) is 0 Å². The number of rotatable bonds is 2. The number of fused-ring (bicyclic) bond motifs is 3. The van der Waals surface area contributed by atoms with Crippen LogP contribution >= 0.6 is 0 Å². The quantitative estimate of drug-likeness (QED) is 0.423. The summed E-state index contributed by atoms with van der Waals surface area (Å²) in [5.41, 5.74) is 6.59. The highest BCUT2D eigenvalue weighted by atomic mass is 14.9. The van der Waals surface area contributed by atoms with Crippen LogP contribution in [0, 0.1) is 0 Å². The summed E-state index contributed by atoms with van der Waals surface area (Å²) in [6.07, 6.45) is 5.35. The predicted octanol–water partition coefficient (Wildman–Crippen LogP) is 4.85. The first-order chi connectivity index (χ1) is 14.8. The molecular weight excluding hydrogens is 372 g/mol. The van der Waals surface area contributed by atoms with Gasteiger partial charge in [-0.05, 0) is 48.5 Å². The summed E-state index contributed by atoms with van der Waals surface area (Å²) in [5.74, 6) is 0.671. The topological polar surface area (TPSA) is 77.3 Å². The summed E-state index contributed by atoms with van der Waals surface area (Å²) in [6, 6.07) is 21.5. The second kappa shape index (κ2) is 6.63. The molecule has 0 aliphatic carbocycles. The number of nitrogens with zero attached hydrogens (tertiary/aromatic N) is 6. The van der Waals surface area contributed by atoms with Crippen molar-refractivity contribution in [2.75, 3.05) is 0 Å². The molecule has 6 nitrogen and oxygen atoms in total. The van der Waals surface area contributed by atoms with E-state index in [2.05, 4.69) is 24.9 Å². The zero-order valence-electron chi connectivity index (χ0n) is 15.8. The molecule has 0 fully saturated rings. The lowest BCUT2D eigenvalue weighted by atomic mass is 10.1. The van der Waals surface area contributed by atoms with Gasteiger partial charge in [0.25, 0.3) is 0 Å². The summed E-state index contributed by atoms with van der Waals surface area (Å²) in [4.78, 5) is 27.5. The number of para-hydroxylation sites is 1. The first kappa shape index (κ1) is 16.6. The Bertz CT molecular complexity index is 1440. The Balaban J connectivity index is 1.41. The Kier molecular flexibility index (Phi) is 3.67. The van der Waals surface area contributed by atoms with Crippen LogP contribution in [0.3, 0.4) is 0 Å². The Morgan fingerprint density at radius 1 is 0.500 bits per heavy atom. The van der Waals surface area contributed by atoms with Crippen molar-refractivity contribution in [3.05, 3.63) is 85.3 Å². The molecule has 0 aliphatic rings. The van der Waals surface area contributed by atoms with Gasteiger partial charge in [0.15, 0.2) is 5.82 Å². The standard InChI is InChI=1S/C24H14N6/c1-2-5-17-16(4-1)13-27-24(30-17)15-7-8-20-22(12-15)26-14-23(29-20)21-10-9-18-19(28-21)6-3-11-25-18/h1-14H. The predicted molar refractivity (Wildman–Crippen MR) is 117 cm³/mol. The molecule has 6 rings (SSSR count). The molecule has 0 saturated carbocycles. The van der Waals surface area contributed by atoms with E-state index in [9.17, 15) is 0 Å². The second-order valence-corrected chi connectivity index (χ2v) is 6.95. The molecule has 6 heteroatoms. The molecule has 0 saturated heterocycles. The Labute approximate surface area is 171 Å². The van der Waals surface area contributed by atoms with Gasteiger partial charge in [-0.25, -0.2) is 19.9 Å². The third-order valence-electron chi connectivity index (χ3n) is 5.01. The highest BCUT2D eigenvalue weighted by Gasteiger charge is 2.09. The fraction of sp³-hybridized carbons (Fsp3) is 0. The average molecular weight is 386 g/mol. The highest BCUT2D eigenvalue weighted by molar-refractivity contribution is 5.84. The largest absolute Gasteiger partial charge is 0.255 e. The van der Waals surface area contributed by atoms with Crippen molar-refractivity contribution in [1.29, 1.82) is 0 Å². The van der Waals surface area contributed by atoms with E-state index < -0.39 is 0 Å². The molecule has 0 radical (unpaired) electrons. The monoisotopic (exact) mass is 386 g/mol. The fourth-order valence-electron chi connectivity index (χ4n) is 3.48. The van der Waals surface area contributed by atoms with Crippen LogP contribution in [0.15, 0.2) is 85.3 Å². The third-order valence-corrected chi connectivity index (χ3v) is 5.01. The number of hydrogen-bond donors (Lipinski definition) is 0. The number of benzene rings is 2. The van der Waals surface area contributed by atoms with Gasteiger partial charge < -0.3 is 0 Å². The van der Waals surface area contributed by atoms with Crippen molar-refractivity contribution >= 4 is 33.0 Å². The van der Waals surface area contributed by atoms with Gasteiger partial charge in [-0.2, -0.15) is 0 Å². The van der Waals surface area contributed by atoms with Crippen LogP contribution in [0.25, 0.3) is 55.7 Å². The van der Waals surface area contributed by atoms with E-state index >= 15 is 0 Å². The van der Waals surface area contributed by atoms with Crippen molar-refractivity contribution in [2.45, 2.75) is 0 Å². The van der Waals surface area contributed by atoms with Gasteiger partial charge in [-0.15, -0.1) is 0 Å². The summed E-state index contributed by atoms with van der Waals surface area (Å²) >= 11 is 0. The van der Waals surface area contributed by atoms with Gasteiger partial charge in [0, 0.05) is 23.3 Å². The Morgan fingerprint density at radius 3 is 2.33 bits per heavy atom. The molecule has 0 N–H and O–H groups in total. The molecule has 0 unspecified atom stereocenters. The van der Waals surface area contributed by atoms with Crippen molar-refractivity contribution in [1.82, 2.24) is 29.9 Å². The molecule has 4 heterocycles. The van der Waals surface area contributed by atoms with Crippen LogP contribution in [0.1, 0.15) is 0 Å². The summed E-state index contributed by atoms with van der Waals surface area (Å²) < 4.78 is 0. The Morgan fingerprint density at radius 2 is 1.33 bits per heavy atom. The molecule has 4 aromatic heterocycles. The van der Waals surface area contributed by atoms with Crippen LogP contribution in [-0.4, -0.2) is 29.9 Å². The summed E-state index contributed by atoms with van der Waals surface area (Å²) in [7, 11) is 0. The lowest BCUT2D eigenvalue weighted by Crippen LogP contribution is -1.94. The van der Waals surface area contributed by atoms with E-state index in [1.807, 2.05) is 72.9 Å². The van der Waals surface area contributed by atoms with Gasteiger partial charge in [0.1, 0.15) is 5.69 Å². The normalized spacial score (nSPS) is 11.3. The van der Waals surface area contributed by atoms with E-state index in [-0.39, 0.29) is 0 Å². The summed E-state index contributed by atoms with van der Waals surface area (Å²) in [6.45, 7) is 0. The minimum atomic E-state index is 0.671. The van der Waals surface area contributed by atoms with Gasteiger partial charge in [0.2, 0.25) is 0 Å². The molecule has 0 aliphatic heterocycles. The van der Waals surface area contributed by atoms with Gasteiger partial charge in [-0.3, -0.25) is 9.97 Å². The minimum absolute atomic E-state index is 0.671. The molecule has 0 spiro atoms. The molecule has 6 aromatic rings. The number of aromatic nitrogens is 6. The van der Waals surface area contributed by atoms with Crippen molar-refractivity contribution in [3.8, 4) is 22.8 Å². The van der Waals surface area contributed by atoms with Gasteiger partial charge in [0.05, 0.1) is 39.5 Å². The maximum Gasteiger partial charge on any atom is 0.159 e. The molecule has 0 atom stereocenters. The molecule has 30 heavy (non-hydrogen) atoms. The molecule has 0 amide bonds. The van der Waals surface area contributed by atoms with E-state index in [1.54, 1.807) is 12.4 Å². The van der Waals surface area contributed by atoms with E-state index in [0.29, 0.717) is 5.82 Å². The smallest absolute Gasteiger partial charge is 0.159 e. The minimum Gasteiger partial charge on any atom is -0.255 e.